The first-order valence-electron chi connectivity index (χ1n) is 4.18. The molecule has 2 N–H and O–H groups in total. The highest BCUT2D eigenvalue weighted by Crippen LogP contribution is 2.42. The van der Waals surface area contributed by atoms with E-state index in [9.17, 15) is 0 Å². The van der Waals surface area contributed by atoms with Crippen molar-refractivity contribution >= 4 is 12.4 Å². The van der Waals surface area contributed by atoms with Gasteiger partial charge in [-0.2, -0.15) is 0 Å². The van der Waals surface area contributed by atoms with Crippen molar-refractivity contribution in [3.8, 4) is 0 Å². The maximum absolute atomic E-state index is 6.18. The molecular weight excluding hydrogens is 162 g/mol. The van der Waals surface area contributed by atoms with Crippen LogP contribution in [0.1, 0.15) is 25.7 Å². The minimum Gasteiger partial charge on any atom is -0.381 e. The molecule has 3 heteroatoms. The minimum atomic E-state index is 0. The van der Waals surface area contributed by atoms with E-state index in [1.807, 2.05) is 0 Å². The molecule has 0 aromatic carbocycles. The first-order valence-corrected chi connectivity index (χ1v) is 4.18. The Balaban J connectivity index is 0.000000605. The molecule has 0 amide bonds. The number of hydrogen-bond donors (Lipinski definition) is 1. The topological polar surface area (TPSA) is 35.2 Å². The number of hydrogen-bond acceptors (Lipinski definition) is 2. The highest BCUT2D eigenvalue weighted by atomic mass is 35.5. The fourth-order valence-corrected chi connectivity index (χ4v) is 1.82. The van der Waals surface area contributed by atoms with Crippen LogP contribution < -0.4 is 5.73 Å². The molecule has 0 bridgehead atoms. The summed E-state index contributed by atoms with van der Waals surface area (Å²) in [6, 6.07) is 0. The SMILES string of the molecule is Cl.NC1(C2CC2)CCOCC1. The zero-order valence-corrected chi connectivity index (χ0v) is 7.53. The van der Waals surface area contributed by atoms with Gasteiger partial charge >= 0.3 is 0 Å². The average Bonchev–Trinajstić information content (AvgIpc) is 2.69. The summed E-state index contributed by atoms with van der Waals surface area (Å²) in [6.45, 7) is 1.76. The molecule has 2 rings (SSSR count). The average molecular weight is 178 g/mol. The molecule has 1 aliphatic heterocycles. The van der Waals surface area contributed by atoms with Gasteiger partial charge in [-0.15, -0.1) is 12.4 Å². The number of nitrogens with two attached hydrogens (primary N) is 1. The summed E-state index contributed by atoms with van der Waals surface area (Å²) in [5.74, 6) is 0.830. The Kier molecular flexibility index (Phi) is 2.79. The molecule has 0 aromatic heterocycles. The Morgan fingerprint density at radius 2 is 1.73 bits per heavy atom. The van der Waals surface area contributed by atoms with Crippen LogP contribution in [0.15, 0.2) is 0 Å². The normalized spacial score (nSPS) is 29.2. The van der Waals surface area contributed by atoms with Crippen LogP contribution in [0.2, 0.25) is 0 Å². The summed E-state index contributed by atoms with van der Waals surface area (Å²) in [5, 5.41) is 0. The lowest BCUT2D eigenvalue weighted by Crippen LogP contribution is -2.46. The Hall–Kier alpha value is 0.210. The molecule has 2 fully saturated rings. The molecular formula is C8H16ClNO. The summed E-state index contributed by atoms with van der Waals surface area (Å²) in [4.78, 5) is 0. The maximum atomic E-state index is 6.18. The van der Waals surface area contributed by atoms with Gasteiger partial charge < -0.3 is 10.5 Å². The van der Waals surface area contributed by atoms with E-state index in [0.29, 0.717) is 0 Å². The van der Waals surface area contributed by atoms with Crippen molar-refractivity contribution < 1.29 is 4.74 Å². The number of rotatable bonds is 1. The third-order valence-electron chi connectivity index (χ3n) is 2.81. The van der Waals surface area contributed by atoms with Crippen LogP contribution in [0, 0.1) is 5.92 Å². The molecule has 1 saturated carbocycles. The fourth-order valence-electron chi connectivity index (χ4n) is 1.82. The Morgan fingerprint density at radius 1 is 1.18 bits per heavy atom. The highest BCUT2D eigenvalue weighted by molar-refractivity contribution is 5.85. The van der Waals surface area contributed by atoms with Gasteiger partial charge in [-0.25, -0.2) is 0 Å². The van der Waals surface area contributed by atoms with Crippen LogP contribution >= 0.6 is 12.4 Å². The van der Waals surface area contributed by atoms with Gasteiger partial charge in [-0.05, 0) is 31.6 Å². The van der Waals surface area contributed by atoms with Gasteiger partial charge in [-0.1, -0.05) is 0 Å². The van der Waals surface area contributed by atoms with E-state index in [-0.39, 0.29) is 17.9 Å². The van der Waals surface area contributed by atoms with Crippen molar-refractivity contribution in [2.75, 3.05) is 13.2 Å². The predicted molar refractivity (Wildman–Crippen MR) is 46.9 cm³/mol. The van der Waals surface area contributed by atoms with E-state index in [4.69, 9.17) is 10.5 Å². The summed E-state index contributed by atoms with van der Waals surface area (Å²) in [5.41, 5.74) is 6.35. The van der Waals surface area contributed by atoms with Crippen molar-refractivity contribution in [1.82, 2.24) is 0 Å². The van der Waals surface area contributed by atoms with Gasteiger partial charge in [0, 0.05) is 18.8 Å². The molecule has 66 valence electrons. The second-order valence-corrected chi connectivity index (χ2v) is 3.62. The molecule has 1 saturated heterocycles. The largest absolute Gasteiger partial charge is 0.381 e. The third kappa shape index (κ3) is 1.86. The van der Waals surface area contributed by atoms with Crippen molar-refractivity contribution in [2.24, 2.45) is 11.7 Å². The quantitative estimate of drug-likeness (QED) is 0.656. The lowest BCUT2D eigenvalue weighted by atomic mass is 9.86. The number of ether oxygens (including phenoxy) is 1. The first kappa shape index (κ1) is 9.30. The maximum Gasteiger partial charge on any atom is 0.0483 e. The van der Waals surface area contributed by atoms with Gasteiger partial charge in [-0.3, -0.25) is 0 Å². The van der Waals surface area contributed by atoms with Crippen LogP contribution in [0.4, 0.5) is 0 Å². The molecule has 0 atom stereocenters. The zero-order valence-electron chi connectivity index (χ0n) is 6.71. The molecule has 0 aromatic rings. The van der Waals surface area contributed by atoms with Crippen LogP contribution in [-0.4, -0.2) is 18.8 Å². The van der Waals surface area contributed by atoms with Gasteiger partial charge in [0.1, 0.15) is 0 Å². The summed E-state index contributed by atoms with van der Waals surface area (Å²) in [7, 11) is 0. The minimum absolute atomic E-state index is 0. The second-order valence-electron chi connectivity index (χ2n) is 3.62. The Bertz CT molecular complexity index is 130. The molecule has 0 unspecified atom stereocenters. The number of halogens is 1. The van der Waals surface area contributed by atoms with Crippen molar-refractivity contribution in [3.05, 3.63) is 0 Å². The van der Waals surface area contributed by atoms with E-state index in [1.165, 1.54) is 12.8 Å². The molecule has 2 aliphatic rings. The summed E-state index contributed by atoms with van der Waals surface area (Å²) in [6.07, 6.45) is 4.88. The smallest absolute Gasteiger partial charge is 0.0483 e. The third-order valence-corrected chi connectivity index (χ3v) is 2.81. The van der Waals surface area contributed by atoms with Gasteiger partial charge in [0.25, 0.3) is 0 Å². The van der Waals surface area contributed by atoms with E-state index in [1.54, 1.807) is 0 Å². The summed E-state index contributed by atoms with van der Waals surface area (Å²) < 4.78 is 5.26. The van der Waals surface area contributed by atoms with Crippen molar-refractivity contribution in [2.45, 2.75) is 31.2 Å². The lowest BCUT2D eigenvalue weighted by molar-refractivity contribution is 0.0454. The van der Waals surface area contributed by atoms with Crippen molar-refractivity contribution in [1.29, 1.82) is 0 Å². The van der Waals surface area contributed by atoms with Crippen LogP contribution in [0.25, 0.3) is 0 Å². The monoisotopic (exact) mass is 177 g/mol. The summed E-state index contributed by atoms with van der Waals surface area (Å²) >= 11 is 0. The zero-order chi connectivity index (χ0) is 7.03. The standard InChI is InChI=1S/C8H15NO.ClH/c9-8(7-1-2-7)3-5-10-6-4-8;/h7H,1-6,9H2;1H. The van der Waals surface area contributed by atoms with Crippen LogP contribution in [0.5, 0.6) is 0 Å². The first-order chi connectivity index (χ1) is 4.81. The van der Waals surface area contributed by atoms with E-state index in [2.05, 4.69) is 0 Å². The fraction of sp³-hybridized carbons (Fsp3) is 1.00. The highest BCUT2D eigenvalue weighted by Gasteiger charge is 2.42. The van der Waals surface area contributed by atoms with E-state index >= 15 is 0 Å². The molecule has 11 heavy (non-hydrogen) atoms. The van der Waals surface area contributed by atoms with Crippen molar-refractivity contribution in [3.63, 3.8) is 0 Å². The molecule has 1 aliphatic carbocycles. The van der Waals surface area contributed by atoms with E-state index in [0.717, 1.165) is 32.0 Å². The Labute approximate surface area is 73.9 Å². The van der Waals surface area contributed by atoms with Crippen LogP contribution in [-0.2, 0) is 4.74 Å². The molecule has 0 spiro atoms. The van der Waals surface area contributed by atoms with Crippen LogP contribution in [0.3, 0.4) is 0 Å². The molecule has 1 heterocycles. The predicted octanol–water partition coefficient (Wildman–Crippen LogP) is 1.33. The van der Waals surface area contributed by atoms with Gasteiger partial charge in [0.15, 0.2) is 0 Å². The second kappa shape index (κ2) is 3.30. The molecule has 2 nitrogen and oxygen atoms in total. The van der Waals surface area contributed by atoms with Gasteiger partial charge in [0.2, 0.25) is 0 Å². The Morgan fingerprint density at radius 3 is 2.18 bits per heavy atom. The van der Waals surface area contributed by atoms with E-state index < -0.39 is 0 Å². The lowest BCUT2D eigenvalue weighted by Gasteiger charge is -2.33. The molecule has 0 radical (unpaired) electrons. The van der Waals surface area contributed by atoms with Gasteiger partial charge in [0.05, 0.1) is 0 Å².